The molecule has 0 spiro atoms. The maximum absolute atomic E-state index is 11.9. The summed E-state index contributed by atoms with van der Waals surface area (Å²) < 4.78 is 5.46. The van der Waals surface area contributed by atoms with Gasteiger partial charge in [0, 0.05) is 13.1 Å². The first kappa shape index (κ1) is 14.7. The fourth-order valence-electron chi connectivity index (χ4n) is 1.82. The van der Waals surface area contributed by atoms with Gasteiger partial charge in [-0.3, -0.25) is 4.79 Å². The van der Waals surface area contributed by atoms with Crippen molar-refractivity contribution in [1.82, 2.24) is 4.90 Å². The molecule has 1 aromatic rings. The Kier molecular flexibility index (Phi) is 7.11. The molecule has 0 saturated carbocycles. The molecule has 0 N–H and O–H groups in total. The minimum Gasteiger partial charge on any atom is -0.367 e. The third kappa shape index (κ3) is 5.32. The highest BCUT2D eigenvalue weighted by atomic mass is 16.5. The first-order chi connectivity index (χ1) is 8.77. The molecule has 0 aliphatic rings. The van der Waals surface area contributed by atoms with Crippen molar-refractivity contribution >= 4 is 5.91 Å². The van der Waals surface area contributed by atoms with Crippen molar-refractivity contribution < 1.29 is 9.53 Å². The van der Waals surface area contributed by atoms with Crippen LogP contribution >= 0.6 is 0 Å². The van der Waals surface area contributed by atoms with Gasteiger partial charge in [-0.15, -0.1) is 0 Å². The van der Waals surface area contributed by atoms with Crippen LogP contribution in [-0.2, 0) is 16.1 Å². The van der Waals surface area contributed by atoms with Crippen molar-refractivity contribution in [2.24, 2.45) is 0 Å². The van der Waals surface area contributed by atoms with E-state index in [1.165, 1.54) is 0 Å². The molecule has 0 saturated heterocycles. The molecule has 18 heavy (non-hydrogen) atoms. The van der Waals surface area contributed by atoms with Gasteiger partial charge in [-0.1, -0.05) is 44.2 Å². The Morgan fingerprint density at radius 3 is 2.28 bits per heavy atom. The molecular formula is C15H23NO2. The van der Waals surface area contributed by atoms with E-state index in [4.69, 9.17) is 4.74 Å². The molecule has 0 aliphatic carbocycles. The molecule has 0 aliphatic heterocycles. The van der Waals surface area contributed by atoms with Gasteiger partial charge in [0.05, 0.1) is 6.61 Å². The van der Waals surface area contributed by atoms with Crippen LogP contribution in [0.3, 0.4) is 0 Å². The van der Waals surface area contributed by atoms with Crippen LogP contribution in [0.15, 0.2) is 30.3 Å². The number of hydrogen-bond acceptors (Lipinski definition) is 2. The van der Waals surface area contributed by atoms with Crippen molar-refractivity contribution in [3.63, 3.8) is 0 Å². The van der Waals surface area contributed by atoms with E-state index in [1.54, 1.807) is 0 Å². The summed E-state index contributed by atoms with van der Waals surface area (Å²) in [5, 5.41) is 0. The molecule has 1 aromatic carbocycles. The first-order valence-electron chi connectivity index (χ1n) is 6.67. The Labute approximate surface area is 110 Å². The number of amides is 1. The van der Waals surface area contributed by atoms with E-state index in [0.29, 0.717) is 6.61 Å². The van der Waals surface area contributed by atoms with E-state index in [2.05, 4.69) is 13.8 Å². The number of rotatable bonds is 8. The van der Waals surface area contributed by atoms with E-state index in [9.17, 15) is 4.79 Å². The number of hydrogen-bond donors (Lipinski definition) is 0. The van der Waals surface area contributed by atoms with Crippen molar-refractivity contribution in [3.05, 3.63) is 35.9 Å². The van der Waals surface area contributed by atoms with Crippen molar-refractivity contribution in [3.8, 4) is 0 Å². The average Bonchev–Trinajstić information content (AvgIpc) is 2.39. The highest BCUT2D eigenvalue weighted by molar-refractivity contribution is 5.77. The molecule has 0 unspecified atom stereocenters. The average molecular weight is 249 g/mol. The molecule has 3 heteroatoms. The number of benzene rings is 1. The number of carbonyl (C=O) groups excluding carboxylic acids is 1. The van der Waals surface area contributed by atoms with Crippen LogP contribution in [0, 0.1) is 0 Å². The Bertz CT molecular complexity index is 332. The molecule has 1 amide bonds. The smallest absolute Gasteiger partial charge is 0.248 e. The Morgan fingerprint density at radius 1 is 1.11 bits per heavy atom. The summed E-state index contributed by atoms with van der Waals surface area (Å²) >= 11 is 0. The quantitative estimate of drug-likeness (QED) is 0.709. The molecule has 0 atom stereocenters. The fourth-order valence-corrected chi connectivity index (χ4v) is 1.82. The summed E-state index contributed by atoms with van der Waals surface area (Å²) in [5.41, 5.74) is 1.10. The van der Waals surface area contributed by atoms with Crippen LogP contribution in [0.2, 0.25) is 0 Å². The van der Waals surface area contributed by atoms with Gasteiger partial charge in [-0.2, -0.15) is 0 Å². The van der Waals surface area contributed by atoms with E-state index in [0.717, 1.165) is 31.5 Å². The Hall–Kier alpha value is -1.35. The van der Waals surface area contributed by atoms with E-state index < -0.39 is 0 Å². The van der Waals surface area contributed by atoms with Gasteiger partial charge in [0.1, 0.15) is 6.61 Å². The molecule has 0 heterocycles. The molecule has 0 radical (unpaired) electrons. The molecule has 0 aromatic heterocycles. The predicted molar refractivity (Wildman–Crippen MR) is 73.3 cm³/mol. The second-order valence-electron chi connectivity index (χ2n) is 4.36. The van der Waals surface area contributed by atoms with E-state index in [-0.39, 0.29) is 12.5 Å². The maximum atomic E-state index is 11.9. The first-order valence-corrected chi connectivity index (χ1v) is 6.67. The monoisotopic (exact) mass is 249 g/mol. The lowest BCUT2D eigenvalue weighted by molar-refractivity contribution is -0.136. The lowest BCUT2D eigenvalue weighted by Crippen LogP contribution is -2.35. The molecule has 3 nitrogen and oxygen atoms in total. The SMILES string of the molecule is CCCN(CCC)C(=O)COCc1ccccc1. The Morgan fingerprint density at radius 2 is 1.72 bits per heavy atom. The van der Waals surface area contributed by atoms with Gasteiger partial charge in [0.25, 0.3) is 0 Å². The van der Waals surface area contributed by atoms with Gasteiger partial charge >= 0.3 is 0 Å². The third-order valence-electron chi connectivity index (χ3n) is 2.68. The highest BCUT2D eigenvalue weighted by Gasteiger charge is 2.11. The van der Waals surface area contributed by atoms with Gasteiger partial charge < -0.3 is 9.64 Å². The van der Waals surface area contributed by atoms with Crippen molar-refractivity contribution in [2.75, 3.05) is 19.7 Å². The van der Waals surface area contributed by atoms with E-state index in [1.807, 2.05) is 35.2 Å². The van der Waals surface area contributed by atoms with Crippen LogP contribution in [0.5, 0.6) is 0 Å². The lowest BCUT2D eigenvalue weighted by atomic mass is 10.2. The van der Waals surface area contributed by atoms with E-state index >= 15 is 0 Å². The topological polar surface area (TPSA) is 29.5 Å². The van der Waals surface area contributed by atoms with Crippen LogP contribution < -0.4 is 0 Å². The Balaban J connectivity index is 2.30. The molecule has 0 bridgehead atoms. The van der Waals surface area contributed by atoms with Crippen molar-refractivity contribution in [2.45, 2.75) is 33.3 Å². The third-order valence-corrected chi connectivity index (χ3v) is 2.68. The highest BCUT2D eigenvalue weighted by Crippen LogP contribution is 2.02. The summed E-state index contributed by atoms with van der Waals surface area (Å²) in [7, 11) is 0. The molecular weight excluding hydrogens is 226 g/mol. The van der Waals surface area contributed by atoms with Gasteiger partial charge in [0.2, 0.25) is 5.91 Å². The van der Waals surface area contributed by atoms with Crippen LogP contribution in [-0.4, -0.2) is 30.5 Å². The number of carbonyl (C=O) groups is 1. The molecule has 100 valence electrons. The van der Waals surface area contributed by atoms with Gasteiger partial charge in [-0.25, -0.2) is 0 Å². The minimum absolute atomic E-state index is 0.0923. The second kappa shape index (κ2) is 8.70. The summed E-state index contributed by atoms with van der Waals surface area (Å²) in [4.78, 5) is 13.8. The summed E-state index contributed by atoms with van der Waals surface area (Å²) in [5.74, 6) is 0.0923. The van der Waals surface area contributed by atoms with Gasteiger partial charge in [0.15, 0.2) is 0 Å². The molecule has 1 rings (SSSR count). The van der Waals surface area contributed by atoms with Crippen LogP contribution in [0.1, 0.15) is 32.3 Å². The summed E-state index contributed by atoms with van der Waals surface area (Å²) in [6, 6.07) is 9.92. The standard InChI is InChI=1S/C15H23NO2/c1-3-10-16(11-4-2)15(17)13-18-12-14-8-6-5-7-9-14/h5-9H,3-4,10-13H2,1-2H3. The summed E-state index contributed by atoms with van der Waals surface area (Å²) in [6.07, 6.45) is 1.98. The van der Waals surface area contributed by atoms with Crippen molar-refractivity contribution in [1.29, 1.82) is 0 Å². The largest absolute Gasteiger partial charge is 0.367 e. The molecule has 0 fully saturated rings. The zero-order valence-corrected chi connectivity index (χ0v) is 11.4. The van der Waals surface area contributed by atoms with Crippen LogP contribution in [0.25, 0.3) is 0 Å². The number of nitrogens with zero attached hydrogens (tertiary/aromatic N) is 1. The fraction of sp³-hybridized carbons (Fsp3) is 0.533. The second-order valence-corrected chi connectivity index (χ2v) is 4.36. The predicted octanol–water partition coefficient (Wildman–Crippen LogP) is 2.85. The summed E-state index contributed by atoms with van der Waals surface area (Å²) in [6.45, 7) is 6.48. The van der Waals surface area contributed by atoms with Gasteiger partial charge in [-0.05, 0) is 18.4 Å². The lowest BCUT2D eigenvalue weighted by Gasteiger charge is -2.21. The zero-order chi connectivity index (χ0) is 13.2. The maximum Gasteiger partial charge on any atom is 0.248 e. The zero-order valence-electron chi connectivity index (χ0n) is 11.4. The minimum atomic E-state index is 0.0923. The van der Waals surface area contributed by atoms with Crippen LogP contribution in [0.4, 0.5) is 0 Å². The normalized spacial score (nSPS) is 10.3. The number of ether oxygens (including phenoxy) is 1.